The Labute approximate surface area is 146 Å². The summed E-state index contributed by atoms with van der Waals surface area (Å²) in [6.07, 6.45) is 0.0354. The van der Waals surface area contributed by atoms with Crippen molar-refractivity contribution < 1.29 is 9.53 Å². The molecule has 0 fully saturated rings. The first-order valence-corrected chi connectivity index (χ1v) is 8.95. The van der Waals surface area contributed by atoms with Crippen LogP contribution in [-0.4, -0.2) is 17.8 Å². The largest absolute Gasteiger partial charge is 0.481 e. The molecule has 0 heterocycles. The third-order valence-electron chi connectivity index (χ3n) is 3.20. The minimum atomic E-state index is -0.546. The predicted molar refractivity (Wildman–Crippen MR) is 97.6 cm³/mol. The molecule has 2 rings (SSSR count). The van der Waals surface area contributed by atoms with Crippen molar-refractivity contribution in [2.45, 2.75) is 31.3 Å². The van der Waals surface area contributed by atoms with Crippen molar-refractivity contribution in [1.82, 2.24) is 0 Å². The number of anilines is 1. The highest BCUT2D eigenvalue weighted by molar-refractivity contribution is 7.99. The van der Waals surface area contributed by atoms with E-state index >= 15 is 0 Å². The molecule has 2 aromatic rings. The lowest BCUT2D eigenvalue weighted by atomic mass is 10.2. The normalized spacial score (nSPS) is 11.8. The summed E-state index contributed by atoms with van der Waals surface area (Å²) in [5.41, 5.74) is 0.822. The molecule has 0 aromatic heterocycles. The zero-order chi connectivity index (χ0) is 16.7. The summed E-state index contributed by atoms with van der Waals surface area (Å²) in [4.78, 5) is 13.6. The van der Waals surface area contributed by atoms with Crippen molar-refractivity contribution in [1.29, 1.82) is 0 Å². The van der Waals surface area contributed by atoms with Gasteiger partial charge in [0.15, 0.2) is 6.10 Å². The van der Waals surface area contributed by atoms with Gasteiger partial charge in [-0.25, -0.2) is 0 Å². The lowest BCUT2D eigenvalue weighted by Gasteiger charge is -2.18. The molecular weight excluding hydrogens is 330 g/mol. The molecule has 0 radical (unpaired) electrons. The Kier molecular flexibility index (Phi) is 6.81. The molecule has 0 aliphatic carbocycles. The number of ether oxygens (including phenoxy) is 1. The highest BCUT2D eigenvalue weighted by Gasteiger charge is 2.19. The lowest BCUT2D eigenvalue weighted by molar-refractivity contribution is -0.122. The van der Waals surface area contributed by atoms with Gasteiger partial charge in [-0.2, -0.15) is 0 Å². The van der Waals surface area contributed by atoms with Crippen molar-refractivity contribution >= 4 is 35.0 Å². The maximum absolute atomic E-state index is 12.5. The van der Waals surface area contributed by atoms with Gasteiger partial charge in [-0.05, 0) is 48.6 Å². The van der Waals surface area contributed by atoms with Crippen LogP contribution in [0.2, 0.25) is 5.02 Å². The Bertz CT molecular complexity index is 646. The van der Waals surface area contributed by atoms with E-state index in [2.05, 4.69) is 12.2 Å². The number of hydrogen-bond donors (Lipinski definition) is 1. The third-order valence-corrected chi connectivity index (χ3v) is 4.41. The number of thioether (sulfide) groups is 1. The minimum absolute atomic E-state index is 0.147. The van der Waals surface area contributed by atoms with Crippen molar-refractivity contribution in [2.24, 2.45) is 0 Å². The highest BCUT2D eigenvalue weighted by atomic mass is 35.5. The summed E-state index contributed by atoms with van der Waals surface area (Å²) in [6, 6.07) is 14.8. The summed E-state index contributed by atoms with van der Waals surface area (Å²) >= 11 is 7.56. The van der Waals surface area contributed by atoms with E-state index < -0.39 is 6.10 Å². The van der Waals surface area contributed by atoms with Crippen LogP contribution in [0.3, 0.4) is 0 Å². The van der Waals surface area contributed by atoms with E-state index in [0.717, 1.165) is 16.3 Å². The fourth-order valence-corrected chi connectivity index (χ4v) is 2.95. The average molecular weight is 350 g/mol. The van der Waals surface area contributed by atoms with Crippen LogP contribution in [0.5, 0.6) is 5.75 Å². The van der Waals surface area contributed by atoms with Crippen molar-refractivity contribution in [3.05, 3.63) is 53.6 Å². The van der Waals surface area contributed by atoms with Crippen LogP contribution in [0.15, 0.2) is 53.4 Å². The molecule has 3 nitrogen and oxygen atoms in total. The van der Waals surface area contributed by atoms with Gasteiger partial charge < -0.3 is 10.1 Å². The molecule has 0 bridgehead atoms. The molecule has 23 heavy (non-hydrogen) atoms. The second-order valence-corrected chi connectivity index (χ2v) is 6.63. The van der Waals surface area contributed by atoms with Gasteiger partial charge in [0.1, 0.15) is 5.75 Å². The quantitative estimate of drug-likeness (QED) is 0.694. The van der Waals surface area contributed by atoms with Crippen LogP contribution in [0.25, 0.3) is 0 Å². The second kappa shape index (κ2) is 8.85. The molecule has 0 saturated carbocycles. The Morgan fingerprint density at radius 1 is 1.17 bits per heavy atom. The summed E-state index contributed by atoms with van der Waals surface area (Å²) in [6.45, 7) is 4.01. The summed E-state index contributed by atoms with van der Waals surface area (Å²) in [5, 5.41) is 3.61. The summed E-state index contributed by atoms with van der Waals surface area (Å²) in [5.74, 6) is 1.44. The molecule has 122 valence electrons. The lowest BCUT2D eigenvalue weighted by Crippen LogP contribution is -2.32. The first-order valence-electron chi connectivity index (χ1n) is 7.59. The van der Waals surface area contributed by atoms with E-state index in [1.54, 1.807) is 36.0 Å². The number of amides is 1. The molecule has 2 aromatic carbocycles. The molecule has 0 aliphatic rings. The van der Waals surface area contributed by atoms with Gasteiger partial charge in [0.2, 0.25) is 0 Å². The molecule has 0 aliphatic heterocycles. The highest BCUT2D eigenvalue weighted by Crippen LogP contribution is 2.27. The maximum Gasteiger partial charge on any atom is 0.265 e. The standard InChI is InChI=1S/C18H20ClNO2S/c1-3-16(22-14-11-9-13(19)10-12-14)18(21)20-15-7-5-6-8-17(15)23-4-2/h5-12,16H,3-4H2,1-2H3,(H,20,21)/t16-/m0/s1. The van der Waals surface area contributed by atoms with Crippen LogP contribution in [0.4, 0.5) is 5.69 Å². The minimum Gasteiger partial charge on any atom is -0.481 e. The molecule has 0 saturated heterocycles. The Morgan fingerprint density at radius 2 is 1.87 bits per heavy atom. The summed E-state index contributed by atoms with van der Waals surface area (Å²) < 4.78 is 5.77. The molecule has 0 spiro atoms. The van der Waals surface area contributed by atoms with Gasteiger partial charge in [0.25, 0.3) is 5.91 Å². The van der Waals surface area contributed by atoms with Crippen LogP contribution in [-0.2, 0) is 4.79 Å². The van der Waals surface area contributed by atoms with Crippen molar-refractivity contribution in [3.8, 4) is 5.75 Å². The van der Waals surface area contributed by atoms with Gasteiger partial charge in [0, 0.05) is 9.92 Å². The number of carbonyl (C=O) groups is 1. The predicted octanol–water partition coefficient (Wildman–Crippen LogP) is 5.25. The number of para-hydroxylation sites is 1. The third kappa shape index (κ3) is 5.19. The van der Waals surface area contributed by atoms with E-state index in [1.807, 2.05) is 31.2 Å². The number of halogens is 1. The van der Waals surface area contributed by atoms with Gasteiger partial charge in [-0.3, -0.25) is 4.79 Å². The van der Waals surface area contributed by atoms with E-state index in [4.69, 9.17) is 16.3 Å². The number of rotatable bonds is 7. The van der Waals surface area contributed by atoms with E-state index in [1.165, 1.54) is 0 Å². The monoisotopic (exact) mass is 349 g/mol. The van der Waals surface area contributed by atoms with E-state index in [-0.39, 0.29) is 5.91 Å². The second-order valence-electron chi connectivity index (χ2n) is 4.89. The Hall–Kier alpha value is -1.65. The first kappa shape index (κ1) is 17.7. The zero-order valence-electron chi connectivity index (χ0n) is 13.2. The maximum atomic E-state index is 12.5. The molecular formula is C18H20ClNO2S. The number of benzene rings is 2. The number of nitrogens with one attached hydrogen (secondary N) is 1. The van der Waals surface area contributed by atoms with Crippen LogP contribution in [0.1, 0.15) is 20.3 Å². The SMILES string of the molecule is CCSc1ccccc1NC(=O)[C@H](CC)Oc1ccc(Cl)cc1. The average Bonchev–Trinajstić information content (AvgIpc) is 2.56. The zero-order valence-corrected chi connectivity index (χ0v) is 14.8. The van der Waals surface area contributed by atoms with Crippen molar-refractivity contribution in [2.75, 3.05) is 11.1 Å². The Balaban J connectivity index is 2.06. The van der Waals surface area contributed by atoms with Gasteiger partial charge in [-0.15, -0.1) is 11.8 Å². The molecule has 5 heteroatoms. The van der Waals surface area contributed by atoms with Crippen LogP contribution in [0, 0.1) is 0 Å². The van der Waals surface area contributed by atoms with E-state index in [9.17, 15) is 4.79 Å². The van der Waals surface area contributed by atoms with Crippen molar-refractivity contribution in [3.63, 3.8) is 0 Å². The fraction of sp³-hybridized carbons (Fsp3) is 0.278. The van der Waals surface area contributed by atoms with Gasteiger partial charge in [0.05, 0.1) is 5.69 Å². The fourth-order valence-electron chi connectivity index (χ4n) is 2.06. The molecule has 1 amide bonds. The summed E-state index contributed by atoms with van der Waals surface area (Å²) in [7, 11) is 0. The molecule has 1 atom stereocenters. The van der Waals surface area contributed by atoms with E-state index in [0.29, 0.717) is 17.2 Å². The molecule has 1 N–H and O–H groups in total. The van der Waals surface area contributed by atoms with Crippen LogP contribution < -0.4 is 10.1 Å². The first-order chi connectivity index (χ1) is 11.1. The van der Waals surface area contributed by atoms with Crippen LogP contribution >= 0.6 is 23.4 Å². The smallest absolute Gasteiger partial charge is 0.265 e. The topological polar surface area (TPSA) is 38.3 Å². The van der Waals surface area contributed by atoms with Gasteiger partial charge >= 0.3 is 0 Å². The van der Waals surface area contributed by atoms with Gasteiger partial charge in [-0.1, -0.05) is 37.6 Å². The molecule has 0 unspecified atom stereocenters. The number of hydrogen-bond acceptors (Lipinski definition) is 3. The number of carbonyl (C=O) groups excluding carboxylic acids is 1. The Morgan fingerprint density at radius 3 is 2.52 bits per heavy atom.